The summed E-state index contributed by atoms with van der Waals surface area (Å²) >= 11 is 0. The molecule has 1 aliphatic rings. The van der Waals surface area contributed by atoms with Crippen LogP contribution in [0.3, 0.4) is 0 Å². The third-order valence-electron chi connectivity index (χ3n) is 1.24. The van der Waals surface area contributed by atoms with E-state index in [0.717, 1.165) is 0 Å². The van der Waals surface area contributed by atoms with Crippen molar-refractivity contribution in [3.05, 3.63) is 0 Å². The van der Waals surface area contributed by atoms with Gasteiger partial charge in [-0.3, -0.25) is 9.59 Å². The first-order valence-electron chi connectivity index (χ1n) is 2.71. The molecule has 1 fully saturated rings. The zero-order valence-corrected chi connectivity index (χ0v) is 5.18. The molecule has 1 aliphatic heterocycles. The maximum Gasteiger partial charge on any atom is 0.242 e. The summed E-state index contributed by atoms with van der Waals surface area (Å²) in [6.07, 6.45) is 0. The standard InChI is InChI=1S/C5H8N2O2/c1-7-3-4(8)6-2-5(7)9/h2-3H2,1H3,(H,6,8). The Labute approximate surface area is 52.8 Å². The summed E-state index contributed by atoms with van der Waals surface area (Å²) in [5, 5.41) is 2.43. The summed E-state index contributed by atoms with van der Waals surface area (Å²) in [5.41, 5.74) is 0. The van der Waals surface area contributed by atoms with Gasteiger partial charge in [-0.1, -0.05) is 0 Å². The van der Waals surface area contributed by atoms with Crippen LogP contribution < -0.4 is 5.32 Å². The van der Waals surface area contributed by atoms with Crippen molar-refractivity contribution in [1.29, 1.82) is 0 Å². The molecule has 0 saturated carbocycles. The van der Waals surface area contributed by atoms with E-state index < -0.39 is 0 Å². The molecular weight excluding hydrogens is 120 g/mol. The fourth-order valence-corrected chi connectivity index (χ4v) is 0.669. The normalized spacial score (nSPS) is 19.9. The van der Waals surface area contributed by atoms with E-state index in [1.165, 1.54) is 4.90 Å². The smallest absolute Gasteiger partial charge is 0.242 e. The molecular formula is C5H8N2O2. The lowest BCUT2D eigenvalue weighted by molar-refractivity contribution is -0.139. The highest BCUT2D eigenvalue weighted by molar-refractivity contribution is 5.92. The molecule has 50 valence electrons. The van der Waals surface area contributed by atoms with E-state index in [1.807, 2.05) is 0 Å². The Morgan fingerprint density at radius 3 is 2.67 bits per heavy atom. The van der Waals surface area contributed by atoms with E-state index in [-0.39, 0.29) is 24.9 Å². The number of hydrogen-bond acceptors (Lipinski definition) is 2. The van der Waals surface area contributed by atoms with Crippen LogP contribution in [0.15, 0.2) is 0 Å². The molecule has 2 amide bonds. The van der Waals surface area contributed by atoms with Gasteiger partial charge in [-0.2, -0.15) is 0 Å². The largest absolute Gasteiger partial charge is 0.345 e. The van der Waals surface area contributed by atoms with Crippen LogP contribution in [0.2, 0.25) is 0 Å². The summed E-state index contributed by atoms with van der Waals surface area (Å²) in [5.74, 6) is -0.119. The number of carbonyl (C=O) groups excluding carboxylic acids is 2. The zero-order valence-electron chi connectivity index (χ0n) is 5.18. The lowest BCUT2D eigenvalue weighted by atomic mass is 10.4. The van der Waals surface area contributed by atoms with Crippen molar-refractivity contribution in [2.75, 3.05) is 20.1 Å². The molecule has 0 spiro atoms. The fourth-order valence-electron chi connectivity index (χ4n) is 0.669. The van der Waals surface area contributed by atoms with Gasteiger partial charge in [0, 0.05) is 7.05 Å². The predicted octanol–water partition coefficient (Wildman–Crippen LogP) is -1.43. The van der Waals surface area contributed by atoms with Crippen molar-refractivity contribution in [1.82, 2.24) is 10.2 Å². The number of amides is 2. The molecule has 1 rings (SSSR count). The number of likely N-dealkylation sites (N-methyl/N-ethyl adjacent to an activating group) is 1. The van der Waals surface area contributed by atoms with Crippen LogP contribution >= 0.6 is 0 Å². The molecule has 1 heterocycles. The number of nitrogens with zero attached hydrogens (tertiary/aromatic N) is 1. The maximum atomic E-state index is 10.7. The molecule has 0 aromatic heterocycles. The van der Waals surface area contributed by atoms with Gasteiger partial charge in [0.05, 0.1) is 13.1 Å². The molecule has 4 heteroatoms. The highest BCUT2D eigenvalue weighted by atomic mass is 16.2. The summed E-state index contributed by atoms with van der Waals surface area (Å²) in [4.78, 5) is 22.6. The summed E-state index contributed by atoms with van der Waals surface area (Å²) in [6.45, 7) is 0.341. The van der Waals surface area contributed by atoms with Crippen LogP contribution in [0, 0.1) is 0 Å². The molecule has 0 aromatic carbocycles. The first-order valence-corrected chi connectivity index (χ1v) is 2.71. The monoisotopic (exact) mass is 128 g/mol. The van der Waals surface area contributed by atoms with Crippen LogP contribution in [-0.4, -0.2) is 36.9 Å². The van der Waals surface area contributed by atoms with Crippen LogP contribution in [-0.2, 0) is 9.59 Å². The number of hydrogen-bond donors (Lipinski definition) is 1. The van der Waals surface area contributed by atoms with Crippen molar-refractivity contribution in [3.63, 3.8) is 0 Å². The van der Waals surface area contributed by atoms with E-state index in [1.54, 1.807) is 7.05 Å². The minimum atomic E-state index is -0.0860. The average Bonchev–Trinajstić information content (AvgIpc) is 1.80. The molecule has 0 aliphatic carbocycles. The summed E-state index contributed by atoms with van der Waals surface area (Å²) in [6, 6.07) is 0. The number of nitrogens with one attached hydrogen (secondary N) is 1. The molecule has 1 N–H and O–H groups in total. The lowest BCUT2D eigenvalue weighted by Gasteiger charge is -2.21. The van der Waals surface area contributed by atoms with Crippen LogP contribution in [0.5, 0.6) is 0 Å². The van der Waals surface area contributed by atoms with E-state index in [9.17, 15) is 9.59 Å². The highest BCUT2D eigenvalue weighted by Gasteiger charge is 2.18. The first-order chi connectivity index (χ1) is 4.20. The Kier molecular flexibility index (Phi) is 1.38. The minimum Gasteiger partial charge on any atom is -0.345 e. The number of rotatable bonds is 0. The van der Waals surface area contributed by atoms with Gasteiger partial charge in [0.15, 0.2) is 0 Å². The average molecular weight is 128 g/mol. The Bertz CT molecular complexity index is 155. The molecule has 1 saturated heterocycles. The third-order valence-corrected chi connectivity index (χ3v) is 1.24. The molecule has 4 nitrogen and oxygen atoms in total. The first kappa shape index (κ1) is 6.07. The third kappa shape index (κ3) is 1.19. The van der Waals surface area contributed by atoms with Crippen molar-refractivity contribution >= 4 is 11.8 Å². The van der Waals surface area contributed by atoms with Crippen LogP contribution in [0.1, 0.15) is 0 Å². The zero-order chi connectivity index (χ0) is 6.85. The summed E-state index contributed by atoms with van der Waals surface area (Å²) < 4.78 is 0. The maximum absolute atomic E-state index is 10.7. The minimum absolute atomic E-state index is 0.0328. The topological polar surface area (TPSA) is 49.4 Å². The van der Waals surface area contributed by atoms with Gasteiger partial charge in [-0.05, 0) is 0 Å². The Morgan fingerprint density at radius 2 is 2.22 bits per heavy atom. The molecule has 0 radical (unpaired) electrons. The van der Waals surface area contributed by atoms with Crippen molar-refractivity contribution < 1.29 is 9.59 Å². The number of piperazine rings is 1. The molecule has 9 heavy (non-hydrogen) atoms. The van der Waals surface area contributed by atoms with Crippen molar-refractivity contribution in [2.45, 2.75) is 0 Å². The van der Waals surface area contributed by atoms with Gasteiger partial charge in [0.25, 0.3) is 0 Å². The SMILES string of the molecule is CN1CC(=O)NCC1=O. The van der Waals surface area contributed by atoms with Crippen molar-refractivity contribution in [3.8, 4) is 0 Å². The highest BCUT2D eigenvalue weighted by Crippen LogP contribution is 1.88. The molecule has 0 aromatic rings. The Hall–Kier alpha value is -1.06. The molecule has 0 bridgehead atoms. The van der Waals surface area contributed by atoms with Crippen LogP contribution in [0.4, 0.5) is 0 Å². The van der Waals surface area contributed by atoms with Crippen molar-refractivity contribution in [2.24, 2.45) is 0 Å². The molecule has 0 unspecified atom stereocenters. The van der Waals surface area contributed by atoms with Crippen LogP contribution in [0.25, 0.3) is 0 Å². The summed E-state index contributed by atoms with van der Waals surface area (Å²) in [7, 11) is 1.61. The fraction of sp³-hybridized carbons (Fsp3) is 0.600. The van der Waals surface area contributed by atoms with E-state index in [2.05, 4.69) is 5.32 Å². The second-order valence-electron chi connectivity index (χ2n) is 2.03. The van der Waals surface area contributed by atoms with Gasteiger partial charge in [-0.15, -0.1) is 0 Å². The van der Waals surface area contributed by atoms with Gasteiger partial charge >= 0.3 is 0 Å². The molecule has 0 atom stereocenters. The Balaban J connectivity index is 2.54. The van der Waals surface area contributed by atoms with Gasteiger partial charge in [0.1, 0.15) is 0 Å². The predicted molar refractivity (Wildman–Crippen MR) is 30.6 cm³/mol. The Morgan fingerprint density at radius 1 is 1.56 bits per heavy atom. The van der Waals surface area contributed by atoms with Gasteiger partial charge in [0.2, 0.25) is 11.8 Å². The van der Waals surface area contributed by atoms with Gasteiger partial charge < -0.3 is 10.2 Å². The van der Waals surface area contributed by atoms with E-state index in [0.29, 0.717) is 0 Å². The van der Waals surface area contributed by atoms with Gasteiger partial charge in [-0.25, -0.2) is 0 Å². The van der Waals surface area contributed by atoms with E-state index in [4.69, 9.17) is 0 Å². The second-order valence-corrected chi connectivity index (χ2v) is 2.03. The number of carbonyl (C=O) groups is 2. The lowest BCUT2D eigenvalue weighted by Crippen LogP contribution is -2.49. The quantitative estimate of drug-likeness (QED) is 0.435. The van der Waals surface area contributed by atoms with E-state index >= 15 is 0 Å². The second kappa shape index (κ2) is 2.05.